The van der Waals surface area contributed by atoms with Crippen LogP contribution in [0.2, 0.25) is 0 Å². The lowest BCUT2D eigenvalue weighted by Crippen LogP contribution is -2.09. The molecule has 7 heteroatoms. The largest absolute Gasteiger partial charge is 0.382 e. The zero-order valence-electron chi connectivity index (χ0n) is 11.2. The Hall–Kier alpha value is -3.09. The molecule has 0 saturated heterocycles. The number of nitrogen functional groups attached to an aromatic ring is 2. The third kappa shape index (κ3) is 2.25. The number of nitrogens with zero attached hydrogens (tertiary/aromatic N) is 4. The van der Waals surface area contributed by atoms with Crippen LogP contribution in [0.4, 0.5) is 11.6 Å². The predicted octanol–water partition coefficient (Wildman–Crippen LogP) is 1.45. The molecule has 0 radical (unpaired) electrons. The molecular weight excluding hydrogens is 268 g/mol. The third-order valence-electron chi connectivity index (χ3n) is 2.95. The third-order valence-corrected chi connectivity index (χ3v) is 2.95. The highest BCUT2D eigenvalue weighted by Gasteiger charge is 2.15. The molecule has 0 atom stereocenters. The van der Waals surface area contributed by atoms with Crippen LogP contribution < -0.4 is 11.5 Å². The van der Waals surface area contributed by atoms with E-state index in [0.717, 1.165) is 5.56 Å². The van der Waals surface area contributed by atoms with E-state index < -0.39 is 0 Å². The van der Waals surface area contributed by atoms with E-state index in [1.54, 1.807) is 0 Å². The molecule has 0 bridgehead atoms. The van der Waals surface area contributed by atoms with Gasteiger partial charge in [-0.1, -0.05) is 30.3 Å². The highest BCUT2D eigenvalue weighted by molar-refractivity contribution is 5.99. The van der Waals surface area contributed by atoms with Gasteiger partial charge < -0.3 is 11.5 Å². The van der Waals surface area contributed by atoms with E-state index in [9.17, 15) is 4.79 Å². The Kier molecular flexibility index (Phi) is 2.94. The monoisotopic (exact) mass is 280 g/mol. The van der Waals surface area contributed by atoms with Crippen molar-refractivity contribution in [2.75, 3.05) is 11.5 Å². The number of aromatic nitrogens is 4. The summed E-state index contributed by atoms with van der Waals surface area (Å²) < 4.78 is 0. The number of rotatable bonds is 2. The first-order valence-electron chi connectivity index (χ1n) is 6.23. The Labute approximate surface area is 120 Å². The summed E-state index contributed by atoms with van der Waals surface area (Å²) in [5, 5.41) is 0. The molecule has 21 heavy (non-hydrogen) atoms. The lowest BCUT2D eigenvalue weighted by atomic mass is 10.2. The maximum atomic E-state index is 11.4. The summed E-state index contributed by atoms with van der Waals surface area (Å²) in [6.45, 7) is 1.36. The second-order valence-electron chi connectivity index (χ2n) is 4.48. The highest BCUT2D eigenvalue weighted by Crippen LogP contribution is 2.22. The van der Waals surface area contributed by atoms with Crippen molar-refractivity contribution in [1.29, 1.82) is 0 Å². The Morgan fingerprint density at radius 2 is 1.67 bits per heavy atom. The van der Waals surface area contributed by atoms with Gasteiger partial charge in [0.2, 0.25) is 0 Å². The lowest BCUT2D eigenvalue weighted by Gasteiger charge is -2.07. The summed E-state index contributed by atoms with van der Waals surface area (Å²) >= 11 is 0. The summed E-state index contributed by atoms with van der Waals surface area (Å²) in [7, 11) is 0. The van der Waals surface area contributed by atoms with Gasteiger partial charge in [-0.05, 0) is 0 Å². The number of carbonyl (C=O) groups excluding carboxylic acids is 1. The van der Waals surface area contributed by atoms with E-state index in [2.05, 4.69) is 19.9 Å². The first kappa shape index (κ1) is 12.9. The van der Waals surface area contributed by atoms with Crippen LogP contribution in [0, 0.1) is 0 Å². The van der Waals surface area contributed by atoms with Crippen molar-refractivity contribution < 1.29 is 4.79 Å². The van der Waals surface area contributed by atoms with Gasteiger partial charge in [-0.15, -0.1) is 0 Å². The zero-order valence-corrected chi connectivity index (χ0v) is 11.2. The van der Waals surface area contributed by atoms with Gasteiger partial charge in [0.1, 0.15) is 5.69 Å². The van der Waals surface area contributed by atoms with E-state index in [4.69, 9.17) is 11.5 Å². The first-order valence-corrected chi connectivity index (χ1v) is 6.23. The number of Topliss-reactive ketones (excluding diaryl/α,β-unsaturated/α-hetero) is 1. The van der Waals surface area contributed by atoms with Crippen molar-refractivity contribution in [2.24, 2.45) is 0 Å². The molecule has 3 rings (SSSR count). The van der Waals surface area contributed by atoms with Crippen molar-refractivity contribution in [3.8, 4) is 11.4 Å². The minimum Gasteiger partial charge on any atom is -0.382 e. The maximum Gasteiger partial charge on any atom is 0.186 e. The lowest BCUT2D eigenvalue weighted by molar-refractivity contribution is 0.101. The van der Waals surface area contributed by atoms with Crippen LogP contribution in [-0.2, 0) is 0 Å². The molecule has 2 heterocycles. The normalized spacial score (nSPS) is 10.7. The molecule has 104 valence electrons. The van der Waals surface area contributed by atoms with E-state index >= 15 is 0 Å². The number of fused-ring (bicyclic) bond motifs is 1. The van der Waals surface area contributed by atoms with Gasteiger partial charge in [0.05, 0.1) is 0 Å². The molecule has 0 unspecified atom stereocenters. The Bertz CT molecular complexity index is 847. The molecule has 0 amide bonds. The molecule has 0 fully saturated rings. The second kappa shape index (κ2) is 4.78. The minimum absolute atomic E-state index is 0.0344. The standard InChI is InChI=1S/C14H12N6O/c1-7(21)9-11(15)19-14-10(17-9)12(16)18-13(20-14)8-5-3-2-4-6-8/h2-6H,1H3,(H4,15,16,18,19,20). The van der Waals surface area contributed by atoms with Crippen LogP contribution in [0.1, 0.15) is 17.4 Å². The number of hydrogen-bond acceptors (Lipinski definition) is 7. The number of anilines is 2. The van der Waals surface area contributed by atoms with Crippen molar-refractivity contribution in [1.82, 2.24) is 19.9 Å². The van der Waals surface area contributed by atoms with Gasteiger partial charge in [-0.3, -0.25) is 4.79 Å². The van der Waals surface area contributed by atoms with Gasteiger partial charge in [0.15, 0.2) is 34.4 Å². The SMILES string of the molecule is CC(=O)c1nc2c(N)nc(-c3ccccc3)nc2nc1N. The fourth-order valence-electron chi connectivity index (χ4n) is 1.96. The van der Waals surface area contributed by atoms with E-state index in [1.165, 1.54) is 6.92 Å². The fraction of sp³-hybridized carbons (Fsp3) is 0.0714. The van der Waals surface area contributed by atoms with Crippen LogP contribution in [0.15, 0.2) is 30.3 Å². The van der Waals surface area contributed by atoms with Crippen LogP contribution in [0.25, 0.3) is 22.6 Å². The van der Waals surface area contributed by atoms with Gasteiger partial charge in [-0.2, -0.15) is 0 Å². The molecule has 0 aliphatic carbocycles. The van der Waals surface area contributed by atoms with Crippen molar-refractivity contribution in [3.63, 3.8) is 0 Å². The molecule has 4 N–H and O–H groups in total. The van der Waals surface area contributed by atoms with Crippen LogP contribution >= 0.6 is 0 Å². The van der Waals surface area contributed by atoms with Gasteiger partial charge >= 0.3 is 0 Å². The maximum absolute atomic E-state index is 11.4. The summed E-state index contributed by atoms with van der Waals surface area (Å²) in [4.78, 5) is 28.2. The van der Waals surface area contributed by atoms with Crippen molar-refractivity contribution >= 4 is 28.6 Å². The molecule has 3 aromatic rings. The molecule has 1 aromatic carbocycles. The Morgan fingerprint density at radius 3 is 2.33 bits per heavy atom. The van der Waals surface area contributed by atoms with Crippen LogP contribution in [0.5, 0.6) is 0 Å². The molecule has 2 aromatic heterocycles. The van der Waals surface area contributed by atoms with Crippen molar-refractivity contribution in [3.05, 3.63) is 36.0 Å². The summed E-state index contributed by atoms with van der Waals surface area (Å²) in [6, 6.07) is 9.36. The number of nitrogens with two attached hydrogens (primary N) is 2. The topological polar surface area (TPSA) is 121 Å². The molecule has 0 saturated carbocycles. The molecule has 7 nitrogen and oxygen atoms in total. The number of ketones is 1. The van der Waals surface area contributed by atoms with Gasteiger partial charge in [0.25, 0.3) is 0 Å². The van der Waals surface area contributed by atoms with Gasteiger partial charge in [0, 0.05) is 12.5 Å². The number of hydrogen-bond donors (Lipinski definition) is 2. The molecule has 0 aliphatic rings. The summed E-state index contributed by atoms with van der Waals surface area (Å²) in [5.41, 5.74) is 13.1. The van der Waals surface area contributed by atoms with Crippen LogP contribution in [0.3, 0.4) is 0 Å². The van der Waals surface area contributed by atoms with E-state index in [0.29, 0.717) is 5.82 Å². The van der Waals surface area contributed by atoms with Gasteiger partial charge in [-0.25, -0.2) is 19.9 Å². The zero-order chi connectivity index (χ0) is 15.0. The fourth-order valence-corrected chi connectivity index (χ4v) is 1.96. The number of carbonyl (C=O) groups is 1. The summed E-state index contributed by atoms with van der Waals surface area (Å²) in [6.07, 6.45) is 0. The minimum atomic E-state index is -0.284. The Morgan fingerprint density at radius 1 is 0.952 bits per heavy atom. The van der Waals surface area contributed by atoms with E-state index in [1.807, 2.05) is 30.3 Å². The smallest absolute Gasteiger partial charge is 0.186 e. The average molecular weight is 280 g/mol. The Balaban J connectivity index is 2.26. The first-order chi connectivity index (χ1) is 10.1. The molecule has 0 aliphatic heterocycles. The molecule has 0 spiro atoms. The predicted molar refractivity (Wildman–Crippen MR) is 79.4 cm³/mol. The van der Waals surface area contributed by atoms with E-state index in [-0.39, 0.29) is 34.3 Å². The quantitative estimate of drug-likeness (QED) is 0.681. The van der Waals surface area contributed by atoms with Crippen LogP contribution in [-0.4, -0.2) is 25.7 Å². The van der Waals surface area contributed by atoms with Crippen molar-refractivity contribution in [2.45, 2.75) is 6.92 Å². The average Bonchev–Trinajstić information content (AvgIpc) is 2.47. The molecular formula is C14H12N6O. The highest BCUT2D eigenvalue weighted by atomic mass is 16.1. The second-order valence-corrected chi connectivity index (χ2v) is 4.48. The number of benzene rings is 1. The summed E-state index contributed by atoms with van der Waals surface area (Å²) in [5.74, 6) is 0.347.